The van der Waals surface area contributed by atoms with Crippen molar-refractivity contribution in [3.8, 4) is 0 Å². The van der Waals surface area contributed by atoms with Gasteiger partial charge < -0.3 is 20.3 Å². The molecule has 0 saturated carbocycles. The van der Waals surface area contributed by atoms with Gasteiger partial charge in [0.15, 0.2) is 6.10 Å². The van der Waals surface area contributed by atoms with Gasteiger partial charge in [0.25, 0.3) is 5.91 Å². The number of ether oxygens (including phenoxy) is 1. The second kappa shape index (κ2) is 5.38. The number of fused-ring (bicyclic) bond motifs is 1. The number of hydrogen-bond acceptors (Lipinski definition) is 5. The molecule has 1 heterocycles. The van der Waals surface area contributed by atoms with E-state index in [4.69, 9.17) is 0 Å². The SMILES string of the molecule is CCOC(=O)C(O)C(O)c1ccc2c(c1)C(=O)NC2. The molecule has 1 aliphatic rings. The Morgan fingerprint density at radius 1 is 1.47 bits per heavy atom. The largest absolute Gasteiger partial charge is 0.464 e. The average Bonchev–Trinajstić information content (AvgIpc) is 2.78. The van der Waals surface area contributed by atoms with Gasteiger partial charge in [-0.3, -0.25) is 4.79 Å². The van der Waals surface area contributed by atoms with Gasteiger partial charge in [0.1, 0.15) is 6.10 Å². The number of carbonyl (C=O) groups is 2. The van der Waals surface area contributed by atoms with Crippen LogP contribution in [0.1, 0.15) is 34.5 Å². The molecular weight excluding hydrogens is 250 g/mol. The number of aliphatic hydroxyl groups excluding tert-OH is 2. The minimum Gasteiger partial charge on any atom is -0.464 e. The van der Waals surface area contributed by atoms with Gasteiger partial charge in [0.05, 0.1) is 6.61 Å². The highest BCUT2D eigenvalue weighted by Gasteiger charge is 2.28. The van der Waals surface area contributed by atoms with Gasteiger partial charge in [-0.05, 0) is 24.1 Å². The number of hydrogen-bond donors (Lipinski definition) is 3. The number of aliphatic hydroxyl groups is 2. The molecule has 0 spiro atoms. The van der Waals surface area contributed by atoms with Crippen molar-refractivity contribution in [1.82, 2.24) is 5.32 Å². The van der Waals surface area contributed by atoms with Crippen molar-refractivity contribution in [2.45, 2.75) is 25.7 Å². The van der Waals surface area contributed by atoms with Crippen molar-refractivity contribution in [3.63, 3.8) is 0 Å². The zero-order chi connectivity index (χ0) is 14.0. The number of rotatable bonds is 4. The van der Waals surface area contributed by atoms with Gasteiger partial charge in [-0.25, -0.2) is 4.79 Å². The summed E-state index contributed by atoms with van der Waals surface area (Å²) in [6, 6.07) is 4.74. The highest BCUT2D eigenvalue weighted by molar-refractivity contribution is 5.98. The van der Waals surface area contributed by atoms with Crippen LogP contribution in [0.3, 0.4) is 0 Å². The Morgan fingerprint density at radius 3 is 2.89 bits per heavy atom. The molecule has 19 heavy (non-hydrogen) atoms. The van der Waals surface area contributed by atoms with Crippen LogP contribution in [-0.2, 0) is 16.1 Å². The third kappa shape index (κ3) is 2.59. The molecule has 0 fully saturated rings. The fourth-order valence-corrected chi connectivity index (χ4v) is 1.95. The smallest absolute Gasteiger partial charge is 0.338 e. The second-order valence-corrected chi connectivity index (χ2v) is 4.24. The van der Waals surface area contributed by atoms with Crippen molar-refractivity contribution >= 4 is 11.9 Å². The highest BCUT2D eigenvalue weighted by Crippen LogP contribution is 2.23. The van der Waals surface area contributed by atoms with Crippen molar-refractivity contribution in [2.75, 3.05) is 6.61 Å². The molecule has 3 N–H and O–H groups in total. The summed E-state index contributed by atoms with van der Waals surface area (Å²) in [5.74, 6) is -1.12. The lowest BCUT2D eigenvalue weighted by Gasteiger charge is -2.17. The Hall–Kier alpha value is -1.92. The molecule has 1 amide bonds. The molecule has 2 atom stereocenters. The summed E-state index contributed by atoms with van der Waals surface area (Å²) < 4.78 is 4.63. The van der Waals surface area contributed by atoms with Crippen LogP contribution in [0.5, 0.6) is 0 Å². The van der Waals surface area contributed by atoms with E-state index in [0.717, 1.165) is 5.56 Å². The van der Waals surface area contributed by atoms with Crippen LogP contribution in [0.2, 0.25) is 0 Å². The van der Waals surface area contributed by atoms with E-state index in [1.165, 1.54) is 6.07 Å². The highest BCUT2D eigenvalue weighted by atomic mass is 16.5. The molecule has 1 aromatic rings. The normalized spacial score (nSPS) is 16.5. The maximum absolute atomic E-state index is 11.5. The molecule has 6 heteroatoms. The lowest BCUT2D eigenvalue weighted by Crippen LogP contribution is -2.30. The molecule has 0 aliphatic carbocycles. The summed E-state index contributed by atoms with van der Waals surface area (Å²) >= 11 is 0. The first-order chi connectivity index (χ1) is 9.04. The fraction of sp³-hybridized carbons (Fsp3) is 0.385. The zero-order valence-electron chi connectivity index (χ0n) is 10.4. The maximum atomic E-state index is 11.5. The Balaban J connectivity index is 2.20. The summed E-state index contributed by atoms with van der Waals surface area (Å²) in [5.41, 5.74) is 1.58. The molecule has 0 saturated heterocycles. The molecule has 102 valence electrons. The summed E-state index contributed by atoms with van der Waals surface area (Å²) in [6.45, 7) is 2.18. The minimum absolute atomic E-state index is 0.120. The first kappa shape index (κ1) is 13.5. The van der Waals surface area contributed by atoms with E-state index in [1.807, 2.05) is 0 Å². The Labute approximate surface area is 110 Å². The van der Waals surface area contributed by atoms with Gasteiger partial charge >= 0.3 is 5.97 Å². The van der Waals surface area contributed by atoms with Crippen LogP contribution in [0.4, 0.5) is 0 Å². The van der Waals surface area contributed by atoms with E-state index in [9.17, 15) is 19.8 Å². The molecule has 0 aromatic heterocycles. The molecule has 1 aromatic carbocycles. The lowest BCUT2D eigenvalue weighted by atomic mass is 9.99. The van der Waals surface area contributed by atoms with Crippen molar-refractivity contribution in [2.24, 2.45) is 0 Å². The van der Waals surface area contributed by atoms with E-state index < -0.39 is 18.2 Å². The average molecular weight is 265 g/mol. The topological polar surface area (TPSA) is 95.9 Å². The van der Waals surface area contributed by atoms with Gasteiger partial charge in [0, 0.05) is 12.1 Å². The van der Waals surface area contributed by atoms with Crippen molar-refractivity contribution in [1.29, 1.82) is 0 Å². The predicted molar refractivity (Wildman–Crippen MR) is 65.2 cm³/mol. The van der Waals surface area contributed by atoms with Gasteiger partial charge in [-0.1, -0.05) is 12.1 Å². The molecule has 0 bridgehead atoms. The van der Waals surface area contributed by atoms with E-state index in [-0.39, 0.29) is 12.5 Å². The Kier molecular flexibility index (Phi) is 3.82. The van der Waals surface area contributed by atoms with E-state index in [0.29, 0.717) is 17.7 Å². The predicted octanol–water partition coefficient (Wildman–Crippen LogP) is -0.113. The first-order valence-corrected chi connectivity index (χ1v) is 5.98. The van der Waals surface area contributed by atoms with Crippen LogP contribution in [0.25, 0.3) is 0 Å². The number of esters is 1. The fourth-order valence-electron chi connectivity index (χ4n) is 1.95. The minimum atomic E-state index is -1.66. The van der Waals surface area contributed by atoms with E-state index >= 15 is 0 Å². The number of amides is 1. The Morgan fingerprint density at radius 2 is 2.21 bits per heavy atom. The molecule has 6 nitrogen and oxygen atoms in total. The standard InChI is InChI=1S/C13H15NO5/c1-2-19-13(18)11(16)10(15)7-3-4-8-6-14-12(17)9(8)5-7/h3-5,10-11,15-16H,2,6H2,1H3,(H,14,17). The van der Waals surface area contributed by atoms with Gasteiger partial charge in [0.2, 0.25) is 0 Å². The molecular formula is C13H15NO5. The Bertz CT molecular complexity index is 514. The maximum Gasteiger partial charge on any atom is 0.338 e. The van der Waals surface area contributed by atoms with E-state index in [2.05, 4.69) is 10.1 Å². The summed E-state index contributed by atoms with van der Waals surface area (Å²) in [6.07, 6.45) is -3.08. The number of nitrogens with one attached hydrogen (secondary N) is 1. The summed E-state index contributed by atoms with van der Waals surface area (Å²) in [4.78, 5) is 22.8. The first-order valence-electron chi connectivity index (χ1n) is 5.98. The molecule has 1 aliphatic heterocycles. The van der Waals surface area contributed by atoms with Crippen LogP contribution in [-0.4, -0.2) is 34.8 Å². The monoisotopic (exact) mass is 265 g/mol. The van der Waals surface area contributed by atoms with Gasteiger partial charge in [-0.15, -0.1) is 0 Å². The second-order valence-electron chi connectivity index (χ2n) is 4.24. The van der Waals surface area contributed by atoms with Crippen LogP contribution >= 0.6 is 0 Å². The quantitative estimate of drug-likeness (QED) is 0.660. The summed E-state index contributed by atoms with van der Waals surface area (Å²) in [5, 5.41) is 22.2. The lowest BCUT2D eigenvalue weighted by molar-refractivity contribution is -0.159. The zero-order valence-corrected chi connectivity index (χ0v) is 10.4. The molecule has 2 unspecified atom stereocenters. The third-order valence-corrected chi connectivity index (χ3v) is 2.99. The van der Waals surface area contributed by atoms with Gasteiger partial charge in [-0.2, -0.15) is 0 Å². The number of carbonyl (C=O) groups excluding carboxylic acids is 2. The van der Waals surface area contributed by atoms with Crippen LogP contribution < -0.4 is 5.32 Å². The molecule has 2 rings (SSSR count). The van der Waals surface area contributed by atoms with Crippen LogP contribution in [0.15, 0.2) is 18.2 Å². The molecule has 0 radical (unpaired) electrons. The summed E-state index contributed by atoms with van der Waals surface area (Å²) in [7, 11) is 0. The van der Waals surface area contributed by atoms with Crippen molar-refractivity contribution < 1.29 is 24.5 Å². The third-order valence-electron chi connectivity index (χ3n) is 2.99. The van der Waals surface area contributed by atoms with E-state index in [1.54, 1.807) is 19.1 Å². The van der Waals surface area contributed by atoms with Crippen LogP contribution in [0, 0.1) is 0 Å². The number of benzene rings is 1. The van der Waals surface area contributed by atoms with Crippen molar-refractivity contribution in [3.05, 3.63) is 34.9 Å².